The van der Waals surface area contributed by atoms with E-state index in [0.717, 1.165) is 5.56 Å². The standard InChI is InChI=1S/C20H26N2O5/c1-15(23)21(11-16-5-3-2-4-6-16)9-7-18(24)22-12-17-13-27-10-8-20(17,14-22)19(25)26/h2-6,17H,7-14H2,1H3,(H,25,26)/t17-,20+/m0/s1. The summed E-state index contributed by atoms with van der Waals surface area (Å²) in [7, 11) is 0. The van der Waals surface area contributed by atoms with Crippen LogP contribution in [0.3, 0.4) is 0 Å². The minimum Gasteiger partial charge on any atom is -0.481 e. The van der Waals surface area contributed by atoms with Crippen molar-refractivity contribution in [3.05, 3.63) is 35.9 Å². The van der Waals surface area contributed by atoms with Crippen LogP contribution in [0, 0.1) is 11.3 Å². The minimum atomic E-state index is -0.891. The van der Waals surface area contributed by atoms with Crippen molar-refractivity contribution in [2.75, 3.05) is 32.8 Å². The van der Waals surface area contributed by atoms with Crippen molar-refractivity contribution in [1.82, 2.24) is 9.80 Å². The maximum Gasteiger partial charge on any atom is 0.311 e. The van der Waals surface area contributed by atoms with Crippen LogP contribution in [-0.2, 0) is 25.7 Å². The Labute approximate surface area is 158 Å². The lowest BCUT2D eigenvalue weighted by Gasteiger charge is -2.33. The first-order chi connectivity index (χ1) is 12.9. The van der Waals surface area contributed by atoms with E-state index in [1.165, 1.54) is 6.92 Å². The third-order valence-electron chi connectivity index (χ3n) is 5.74. The lowest BCUT2D eigenvalue weighted by atomic mass is 9.74. The number of aliphatic carboxylic acids is 1. The first-order valence-corrected chi connectivity index (χ1v) is 9.31. The van der Waals surface area contributed by atoms with E-state index >= 15 is 0 Å². The molecule has 1 aromatic carbocycles. The second-order valence-electron chi connectivity index (χ2n) is 7.43. The van der Waals surface area contributed by atoms with Gasteiger partial charge in [0.2, 0.25) is 11.8 Å². The van der Waals surface area contributed by atoms with Gasteiger partial charge in [0.05, 0.1) is 12.0 Å². The molecule has 27 heavy (non-hydrogen) atoms. The Morgan fingerprint density at radius 3 is 2.67 bits per heavy atom. The van der Waals surface area contributed by atoms with Gasteiger partial charge in [0.1, 0.15) is 0 Å². The maximum atomic E-state index is 12.7. The molecule has 2 saturated heterocycles. The van der Waals surface area contributed by atoms with Crippen molar-refractivity contribution >= 4 is 17.8 Å². The van der Waals surface area contributed by atoms with Crippen molar-refractivity contribution in [3.63, 3.8) is 0 Å². The van der Waals surface area contributed by atoms with Gasteiger partial charge < -0.3 is 19.6 Å². The Kier molecular flexibility index (Phi) is 5.79. The molecule has 146 valence electrons. The highest BCUT2D eigenvalue weighted by atomic mass is 16.5. The van der Waals surface area contributed by atoms with Gasteiger partial charge in [-0.05, 0) is 12.0 Å². The summed E-state index contributed by atoms with van der Waals surface area (Å²) >= 11 is 0. The fraction of sp³-hybridized carbons (Fsp3) is 0.550. The number of hydrogen-bond donors (Lipinski definition) is 1. The lowest BCUT2D eigenvalue weighted by molar-refractivity contribution is -0.157. The first-order valence-electron chi connectivity index (χ1n) is 9.31. The topological polar surface area (TPSA) is 87.2 Å². The number of benzene rings is 1. The summed E-state index contributed by atoms with van der Waals surface area (Å²) in [6.07, 6.45) is 0.625. The van der Waals surface area contributed by atoms with Gasteiger partial charge >= 0.3 is 5.97 Å². The van der Waals surface area contributed by atoms with E-state index in [9.17, 15) is 19.5 Å². The van der Waals surface area contributed by atoms with Crippen molar-refractivity contribution in [2.24, 2.45) is 11.3 Å². The summed E-state index contributed by atoms with van der Waals surface area (Å²) in [4.78, 5) is 39.7. The van der Waals surface area contributed by atoms with Gasteiger partial charge in [-0.3, -0.25) is 14.4 Å². The molecule has 2 fully saturated rings. The molecule has 0 spiro atoms. The molecule has 0 aromatic heterocycles. The molecule has 0 unspecified atom stereocenters. The molecule has 1 N–H and O–H groups in total. The summed E-state index contributed by atoms with van der Waals surface area (Å²) < 4.78 is 5.43. The number of carbonyl (C=O) groups excluding carboxylic acids is 2. The number of rotatable bonds is 6. The number of amides is 2. The largest absolute Gasteiger partial charge is 0.481 e. The van der Waals surface area contributed by atoms with E-state index in [0.29, 0.717) is 39.3 Å². The molecular weight excluding hydrogens is 348 g/mol. The van der Waals surface area contributed by atoms with Crippen molar-refractivity contribution in [1.29, 1.82) is 0 Å². The SMILES string of the molecule is CC(=O)N(CCC(=O)N1C[C@H]2COCC[C@@]2(C(=O)O)C1)Cc1ccccc1. The average molecular weight is 374 g/mol. The van der Waals surface area contributed by atoms with E-state index in [1.54, 1.807) is 9.80 Å². The van der Waals surface area contributed by atoms with Gasteiger partial charge in [0.15, 0.2) is 0 Å². The Morgan fingerprint density at radius 1 is 1.30 bits per heavy atom. The average Bonchev–Trinajstić information content (AvgIpc) is 3.07. The molecule has 0 saturated carbocycles. The zero-order valence-electron chi connectivity index (χ0n) is 15.6. The summed E-state index contributed by atoms with van der Waals surface area (Å²) in [6, 6.07) is 9.63. The van der Waals surface area contributed by atoms with Crippen LogP contribution in [-0.4, -0.2) is 65.5 Å². The van der Waals surface area contributed by atoms with Crippen LogP contribution in [0.2, 0.25) is 0 Å². The van der Waals surface area contributed by atoms with Gasteiger partial charge in [0.25, 0.3) is 0 Å². The highest BCUT2D eigenvalue weighted by Crippen LogP contribution is 2.42. The van der Waals surface area contributed by atoms with Crippen LogP contribution < -0.4 is 0 Å². The molecule has 2 atom stereocenters. The first kappa shape index (κ1) is 19.4. The third-order valence-corrected chi connectivity index (χ3v) is 5.74. The second kappa shape index (κ2) is 8.08. The molecule has 0 aliphatic carbocycles. The minimum absolute atomic E-state index is 0.0860. The number of carbonyl (C=O) groups is 3. The van der Waals surface area contributed by atoms with Crippen LogP contribution in [0.5, 0.6) is 0 Å². The number of likely N-dealkylation sites (tertiary alicyclic amines) is 1. The van der Waals surface area contributed by atoms with Gasteiger partial charge in [-0.25, -0.2) is 0 Å². The highest BCUT2D eigenvalue weighted by Gasteiger charge is 2.54. The maximum absolute atomic E-state index is 12.7. The van der Waals surface area contributed by atoms with Crippen LogP contribution in [0.4, 0.5) is 0 Å². The molecule has 0 radical (unpaired) electrons. The van der Waals surface area contributed by atoms with Gasteiger partial charge in [-0.2, -0.15) is 0 Å². The van der Waals surface area contributed by atoms with Gasteiger partial charge in [-0.1, -0.05) is 30.3 Å². The third kappa shape index (κ3) is 4.13. The summed E-state index contributed by atoms with van der Waals surface area (Å²) in [5.74, 6) is -1.21. The highest BCUT2D eigenvalue weighted by molar-refractivity contribution is 5.82. The van der Waals surface area contributed by atoms with E-state index < -0.39 is 11.4 Å². The summed E-state index contributed by atoms with van der Waals surface area (Å²) in [6.45, 7) is 3.70. The fourth-order valence-corrected chi connectivity index (χ4v) is 4.03. The van der Waals surface area contributed by atoms with Crippen molar-refractivity contribution in [2.45, 2.75) is 26.3 Å². The molecule has 2 amide bonds. The molecule has 3 rings (SSSR count). The number of carboxylic acids is 1. The number of ether oxygens (including phenoxy) is 1. The molecule has 7 heteroatoms. The zero-order valence-corrected chi connectivity index (χ0v) is 15.6. The molecule has 2 heterocycles. The lowest BCUT2D eigenvalue weighted by Crippen LogP contribution is -2.45. The molecular formula is C20H26N2O5. The van der Waals surface area contributed by atoms with Crippen LogP contribution in [0.25, 0.3) is 0 Å². The molecule has 2 aliphatic rings. The molecule has 0 bridgehead atoms. The quantitative estimate of drug-likeness (QED) is 0.813. The summed E-state index contributed by atoms with van der Waals surface area (Å²) in [5.41, 5.74) is 0.118. The van der Waals surface area contributed by atoms with E-state index in [-0.39, 0.29) is 30.7 Å². The van der Waals surface area contributed by atoms with E-state index in [4.69, 9.17) is 4.74 Å². The Hall–Kier alpha value is -2.41. The van der Waals surface area contributed by atoms with E-state index in [2.05, 4.69) is 0 Å². The zero-order chi connectivity index (χ0) is 19.4. The predicted octanol–water partition coefficient (Wildman–Crippen LogP) is 1.37. The van der Waals surface area contributed by atoms with Crippen LogP contribution in [0.1, 0.15) is 25.3 Å². The summed E-state index contributed by atoms with van der Waals surface area (Å²) in [5, 5.41) is 9.71. The predicted molar refractivity (Wildman–Crippen MR) is 97.7 cm³/mol. The Balaban J connectivity index is 1.59. The normalized spacial score (nSPS) is 24.3. The Morgan fingerprint density at radius 2 is 2.04 bits per heavy atom. The number of nitrogens with zero attached hydrogens (tertiary/aromatic N) is 2. The van der Waals surface area contributed by atoms with Crippen molar-refractivity contribution in [3.8, 4) is 0 Å². The molecule has 1 aromatic rings. The van der Waals surface area contributed by atoms with Gasteiger partial charge in [-0.15, -0.1) is 0 Å². The monoisotopic (exact) mass is 374 g/mol. The Bertz CT molecular complexity index is 708. The fourth-order valence-electron chi connectivity index (χ4n) is 4.03. The number of carboxylic acid groups (broad SMARTS) is 1. The van der Waals surface area contributed by atoms with Crippen LogP contribution >= 0.6 is 0 Å². The van der Waals surface area contributed by atoms with E-state index in [1.807, 2.05) is 30.3 Å². The smallest absolute Gasteiger partial charge is 0.311 e. The van der Waals surface area contributed by atoms with Crippen LogP contribution in [0.15, 0.2) is 30.3 Å². The number of fused-ring (bicyclic) bond motifs is 1. The molecule has 2 aliphatic heterocycles. The molecule has 7 nitrogen and oxygen atoms in total. The number of hydrogen-bond acceptors (Lipinski definition) is 4. The van der Waals surface area contributed by atoms with Gasteiger partial charge in [0, 0.05) is 52.0 Å². The van der Waals surface area contributed by atoms with Crippen molar-refractivity contribution < 1.29 is 24.2 Å². The second-order valence-corrected chi connectivity index (χ2v) is 7.43.